The minimum Gasteiger partial charge on any atom is -0.402 e. The lowest BCUT2D eigenvalue weighted by Crippen LogP contribution is -2.50. The molecule has 3 N–H and O–H groups in total. The van der Waals surface area contributed by atoms with Crippen LogP contribution >= 0.6 is 0 Å². The van der Waals surface area contributed by atoms with Crippen molar-refractivity contribution in [1.82, 2.24) is 0 Å². The number of aliphatic hydroxyl groups is 1. The van der Waals surface area contributed by atoms with Gasteiger partial charge in [-0.1, -0.05) is 56.3 Å². The van der Waals surface area contributed by atoms with Gasteiger partial charge < -0.3 is 10.8 Å². The zero-order chi connectivity index (χ0) is 21.2. The molecule has 6 heteroatoms. The predicted octanol–water partition coefficient (Wildman–Crippen LogP) is 5.49. The van der Waals surface area contributed by atoms with Crippen LogP contribution in [-0.2, 0) is 5.41 Å². The van der Waals surface area contributed by atoms with Crippen molar-refractivity contribution < 1.29 is 22.7 Å². The fourth-order valence-corrected chi connectivity index (χ4v) is 3.31. The Morgan fingerprint density at radius 3 is 2.21 bits per heavy atom. The fraction of sp³-hybridized carbons (Fsp3) is 0.364. The zero-order valence-electron chi connectivity index (χ0n) is 16.1. The van der Waals surface area contributed by atoms with E-state index >= 15 is 0 Å². The van der Waals surface area contributed by atoms with Gasteiger partial charge in [-0.3, -0.25) is 0 Å². The largest absolute Gasteiger partial charge is 0.417 e. The first kappa shape index (κ1) is 22.0. The number of nitrogens with two attached hydrogens (primary N) is 1. The van der Waals surface area contributed by atoms with Gasteiger partial charge >= 0.3 is 6.18 Å². The van der Waals surface area contributed by atoms with E-state index in [-0.39, 0.29) is 5.70 Å². The van der Waals surface area contributed by atoms with E-state index in [9.17, 15) is 22.7 Å². The molecule has 0 aromatic heterocycles. The molecule has 1 atom stereocenters. The second-order valence-corrected chi connectivity index (χ2v) is 7.86. The molecule has 152 valence electrons. The molecule has 2 aromatic rings. The topological polar surface area (TPSA) is 46.2 Å². The van der Waals surface area contributed by atoms with Gasteiger partial charge in [-0.15, -0.1) is 0 Å². The van der Waals surface area contributed by atoms with Crippen LogP contribution < -0.4 is 5.73 Å². The first-order valence-electron chi connectivity index (χ1n) is 8.91. The molecule has 0 aliphatic heterocycles. The van der Waals surface area contributed by atoms with E-state index in [4.69, 9.17) is 5.73 Å². The SMILES string of the molecule is Cc1cc(C(C)(C)CC(O)(C/C(N)=C/c2ccccc2)C(F)(F)F)ccc1F. The molecular weight excluding hydrogens is 370 g/mol. The van der Waals surface area contributed by atoms with Crippen molar-refractivity contribution in [3.8, 4) is 0 Å². The van der Waals surface area contributed by atoms with Crippen molar-refractivity contribution in [3.05, 3.63) is 76.7 Å². The smallest absolute Gasteiger partial charge is 0.402 e. The van der Waals surface area contributed by atoms with Gasteiger partial charge in [0.1, 0.15) is 5.82 Å². The zero-order valence-corrected chi connectivity index (χ0v) is 16.1. The predicted molar refractivity (Wildman–Crippen MR) is 103 cm³/mol. The molecule has 0 saturated heterocycles. The molecule has 1 unspecified atom stereocenters. The quantitative estimate of drug-likeness (QED) is 0.636. The van der Waals surface area contributed by atoms with E-state index in [1.807, 2.05) is 0 Å². The fourth-order valence-electron chi connectivity index (χ4n) is 3.31. The normalized spacial score (nSPS) is 15.4. The van der Waals surface area contributed by atoms with E-state index in [1.165, 1.54) is 24.3 Å². The highest BCUT2D eigenvalue weighted by molar-refractivity contribution is 5.52. The van der Waals surface area contributed by atoms with Crippen LogP contribution in [0.15, 0.2) is 54.2 Å². The van der Waals surface area contributed by atoms with Crippen LogP contribution in [0.2, 0.25) is 0 Å². The first-order valence-corrected chi connectivity index (χ1v) is 8.91. The van der Waals surface area contributed by atoms with Crippen molar-refractivity contribution in [2.24, 2.45) is 5.73 Å². The second-order valence-electron chi connectivity index (χ2n) is 7.86. The number of hydrogen-bond acceptors (Lipinski definition) is 2. The summed E-state index contributed by atoms with van der Waals surface area (Å²) >= 11 is 0. The lowest BCUT2D eigenvalue weighted by atomic mass is 9.73. The summed E-state index contributed by atoms with van der Waals surface area (Å²) in [5.41, 5.74) is 3.19. The van der Waals surface area contributed by atoms with Crippen LogP contribution in [0.1, 0.15) is 43.4 Å². The Bertz CT molecular complexity index is 843. The maximum Gasteiger partial charge on any atom is 0.417 e. The van der Waals surface area contributed by atoms with Crippen LogP contribution in [0.25, 0.3) is 6.08 Å². The summed E-state index contributed by atoms with van der Waals surface area (Å²) in [6.07, 6.45) is -4.83. The second kappa shape index (κ2) is 7.95. The number of halogens is 4. The van der Waals surface area contributed by atoms with Crippen LogP contribution in [-0.4, -0.2) is 16.9 Å². The molecule has 0 radical (unpaired) electrons. The molecule has 0 heterocycles. The summed E-state index contributed by atoms with van der Waals surface area (Å²) < 4.78 is 54.9. The average molecular weight is 395 g/mol. The number of hydrogen-bond donors (Lipinski definition) is 2. The first-order chi connectivity index (χ1) is 12.8. The minimum atomic E-state index is -4.88. The number of aryl methyl sites for hydroxylation is 1. The Labute approximate surface area is 162 Å². The van der Waals surface area contributed by atoms with Crippen molar-refractivity contribution in [2.45, 2.75) is 50.8 Å². The third-order valence-electron chi connectivity index (χ3n) is 4.85. The van der Waals surface area contributed by atoms with Crippen molar-refractivity contribution in [2.75, 3.05) is 0 Å². The molecular formula is C22H25F4NO. The van der Waals surface area contributed by atoms with E-state index in [0.29, 0.717) is 16.7 Å². The third kappa shape index (κ3) is 5.13. The summed E-state index contributed by atoms with van der Waals surface area (Å²) in [6.45, 7) is 4.73. The lowest BCUT2D eigenvalue weighted by Gasteiger charge is -2.38. The molecule has 0 spiro atoms. The molecule has 0 amide bonds. The van der Waals surface area contributed by atoms with E-state index in [1.54, 1.807) is 51.1 Å². The molecule has 0 aliphatic rings. The van der Waals surface area contributed by atoms with Gasteiger partial charge in [0.25, 0.3) is 0 Å². The Hall–Kier alpha value is -2.34. The van der Waals surface area contributed by atoms with Gasteiger partial charge in [0.05, 0.1) is 0 Å². The number of alkyl halides is 3. The van der Waals surface area contributed by atoms with Crippen molar-refractivity contribution in [3.63, 3.8) is 0 Å². The molecule has 0 bridgehead atoms. The van der Waals surface area contributed by atoms with Gasteiger partial charge in [0.2, 0.25) is 0 Å². The number of rotatable bonds is 6. The highest BCUT2D eigenvalue weighted by Crippen LogP contribution is 2.44. The maximum atomic E-state index is 13.8. The molecule has 2 nitrogen and oxygen atoms in total. The Kier molecular flexibility index (Phi) is 6.24. The van der Waals surface area contributed by atoms with Gasteiger partial charge in [-0.05, 0) is 47.6 Å². The molecule has 2 aromatic carbocycles. The van der Waals surface area contributed by atoms with Crippen molar-refractivity contribution >= 4 is 6.08 Å². The Morgan fingerprint density at radius 1 is 1.07 bits per heavy atom. The average Bonchev–Trinajstić information content (AvgIpc) is 2.56. The van der Waals surface area contributed by atoms with Crippen LogP contribution in [0, 0.1) is 12.7 Å². The monoisotopic (exact) mass is 395 g/mol. The maximum absolute atomic E-state index is 13.8. The van der Waals surface area contributed by atoms with Crippen LogP contribution in [0.4, 0.5) is 17.6 Å². The number of benzene rings is 2. The minimum absolute atomic E-state index is 0.0721. The Morgan fingerprint density at radius 2 is 1.68 bits per heavy atom. The summed E-state index contributed by atoms with van der Waals surface area (Å²) in [5, 5.41) is 10.6. The van der Waals surface area contributed by atoms with Gasteiger partial charge in [0, 0.05) is 12.1 Å². The van der Waals surface area contributed by atoms with Crippen molar-refractivity contribution in [1.29, 1.82) is 0 Å². The highest BCUT2D eigenvalue weighted by atomic mass is 19.4. The van der Waals surface area contributed by atoms with E-state index in [2.05, 4.69) is 0 Å². The van der Waals surface area contributed by atoms with Gasteiger partial charge in [0.15, 0.2) is 5.60 Å². The standard InChI is InChI=1S/C22H25F4NO/c1-15-11-17(9-10-19(15)23)20(2,3)14-21(28,22(24,25)26)13-18(27)12-16-7-5-4-6-8-16/h4-12,28H,13-14,27H2,1-3H3/b18-12-. The van der Waals surface area contributed by atoms with Gasteiger partial charge in [-0.2, -0.15) is 13.2 Å². The highest BCUT2D eigenvalue weighted by Gasteiger charge is 2.55. The summed E-state index contributed by atoms with van der Waals surface area (Å²) in [6, 6.07) is 12.9. The summed E-state index contributed by atoms with van der Waals surface area (Å²) in [5.74, 6) is -0.430. The lowest BCUT2D eigenvalue weighted by molar-refractivity contribution is -0.266. The molecule has 0 aliphatic carbocycles. The Balaban J connectivity index is 2.34. The summed E-state index contributed by atoms with van der Waals surface area (Å²) in [7, 11) is 0. The summed E-state index contributed by atoms with van der Waals surface area (Å²) in [4.78, 5) is 0. The van der Waals surface area contributed by atoms with E-state index in [0.717, 1.165) is 0 Å². The van der Waals surface area contributed by atoms with Gasteiger partial charge in [-0.25, -0.2) is 4.39 Å². The molecule has 0 fully saturated rings. The molecule has 28 heavy (non-hydrogen) atoms. The molecule has 2 rings (SSSR count). The van der Waals surface area contributed by atoms with Crippen LogP contribution in [0.5, 0.6) is 0 Å². The van der Waals surface area contributed by atoms with E-state index < -0.39 is 35.9 Å². The molecule has 0 saturated carbocycles. The van der Waals surface area contributed by atoms with Crippen LogP contribution in [0.3, 0.4) is 0 Å². The third-order valence-corrected chi connectivity index (χ3v) is 4.85.